The molecule has 1 aromatic carbocycles. The molecule has 0 bridgehead atoms. The highest BCUT2D eigenvalue weighted by Crippen LogP contribution is 2.24. The van der Waals surface area contributed by atoms with Crippen molar-refractivity contribution in [3.8, 4) is 0 Å². The molecule has 1 aliphatic heterocycles. The van der Waals surface area contributed by atoms with Crippen molar-refractivity contribution in [3.63, 3.8) is 0 Å². The Morgan fingerprint density at radius 1 is 0.926 bits per heavy atom. The number of benzene rings is 1. The molecule has 9 heteroatoms. The highest BCUT2D eigenvalue weighted by molar-refractivity contribution is 6.31. The predicted octanol–water partition coefficient (Wildman–Crippen LogP) is 3.13. The van der Waals surface area contributed by atoms with Gasteiger partial charge in [-0.25, -0.2) is 24.3 Å². The van der Waals surface area contributed by atoms with Gasteiger partial charge in [-0.1, -0.05) is 11.6 Å². The Balaban J connectivity index is 1.43. The highest BCUT2D eigenvalue weighted by atomic mass is 35.5. The summed E-state index contributed by atoms with van der Waals surface area (Å²) in [6.45, 7) is 3.23. The first-order valence-corrected chi connectivity index (χ1v) is 8.88. The van der Waals surface area contributed by atoms with Crippen LogP contribution in [0.4, 0.5) is 27.7 Å². The summed E-state index contributed by atoms with van der Waals surface area (Å²) >= 11 is 5.83. The van der Waals surface area contributed by atoms with E-state index in [4.69, 9.17) is 11.6 Å². The van der Waals surface area contributed by atoms with E-state index in [1.807, 2.05) is 12.1 Å². The van der Waals surface area contributed by atoms with Crippen LogP contribution in [0.5, 0.6) is 0 Å². The third-order valence-corrected chi connectivity index (χ3v) is 4.57. The molecule has 0 radical (unpaired) electrons. The van der Waals surface area contributed by atoms with E-state index >= 15 is 0 Å². The molecule has 4 rings (SSSR count). The van der Waals surface area contributed by atoms with E-state index in [1.165, 1.54) is 18.5 Å². The molecule has 0 atom stereocenters. The van der Waals surface area contributed by atoms with Gasteiger partial charge in [0.2, 0.25) is 5.95 Å². The quantitative estimate of drug-likeness (QED) is 0.739. The lowest BCUT2D eigenvalue weighted by Gasteiger charge is -2.35. The lowest BCUT2D eigenvalue weighted by Crippen LogP contribution is -2.47. The largest absolute Gasteiger partial charge is 0.353 e. The summed E-state index contributed by atoms with van der Waals surface area (Å²) in [6.07, 6.45) is 5.01. The molecular weight excluding hydrogens is 369 g/mol. The Labute approximate surface area is 160 Å². The van der Waals surface area contributed by atoms with Gasteiger partial charge in [0.05, 0.1) is 5.02 Å². The van der Waals surface area contributed by atoms with Gasteiger partial charge in [0.25, 0.3) is 0 Å². The van der Waals surface area contributed by atoms with Crippen molar-refractivity contribution in [1.82, 2.24) is 19.9 Å². The summed E-state index contributed by atoms with van der Waals surface area (Å²) in [5, 5.41) is 3.19. The van der Waals surface area contributed by atoms with Crippen LogP contribution in [0, 0.1) is 5.82 Å². The minimum atomic E-state index is -0.453. The second kappa shape index (κ2) is 7.71. The second-order valence-electron chi connectivity index (χ2n) is 6.04. The van der Waals surface area contributed by atoms with Gasteiger partial charge in [0.1, 0.15) is 23.8 Å². The molecule has 0 saturated carbocycles. The normalized spacial score (nSPS) is 14.3. The fourth-order valence-corrected chi connectivity index (χ4v) is 3.08. The summed E-state index contributed by atoms with van der Waals surface area (Å²) in [5.41, 5.74) is 0.664. The van der Waals surface area contributed by atoms with Crippen LogP contribution in [-0.4, -0.2) is 46.1 Å². The van der Waals surface area contributed by atoms with Crippen molar-refractivity contribution in [2.75, 3.05) is 41.3 Å². The highest BCUT2D eigenvalue weighted by Gasteiger charge is 2.20. The first-order chi connectivity index (χ1) is 13.2. The van der Waals surface area contributed by atoms with E-state index in [9.17, 15) is 4.39 Å². The zero-order chi connectivity index (χ0) is 18.6. The number of nitrogens with one attached hydrogen (secondary N) is 1. The van der Waals surface area contributed by atoms with Crippen LogP contribution in [0.25, 0.3) is 0 Å². The van der Waals surface area contributed by atoms with Crippen LogP contribution in [0.1, 0.15) is 0 Å². The van der Waals surface area contributed by atoms with Crippen molar-refractivity contribution >= 4 is 34.9 Å². The Morgan fingerprint density at radius 3 is 2.41 bits per heavy atom. The summed E-state index contributed by atoms with van der Waals surface area (Å²) in [4.78, 5) is 21.5. The van der Waals surface area contributed by atoms with Crippen LogP contribution < -0.4 is 15.1 Å². The first kappa shape index (κ1) is 17.4. The molecule has 3 aromatic rings. The third-order valence-electron chi connectivity index (χ3n) is 4.28. The molecule has 0 amide bonds. The molecule has 1 aliphatic rings. The number of aromatic nitrogens is 4. The number of piperazine rings is 1. The van der Waals surface area contributed by atoms with Gasteiger partial charge >= 0.3 is 0 Å². The SMILES string of the molecule is Fc1ccc(Nc2cc(N3CCN(c4ncccn4)CC3)ncn2)cc1Cl. The van der Waals surface area contributed by atoms with Gasteiger partial charge < -0.3 is 15.1 Å². The molecular formula is C18H17ClFN7. The van der Waals surface area contributed by atoms with Gasteiger partial charge in [0, 0.05) is 50.3 Å². The minimum Gasteiger partial charge on any atom is -0.353 e. The van der Waals surface area contributed by atoms with Crippen LogP contribution in [-0.2, 0) is 0 Å². The number of hydrogen-bond acceptors (Lipinski definition) is 7. The average Bonchev–Trinajstić information content (AvgIpc) is 2.72. The monoisotopic (exact) mass is 385 g/mol. The summed E-state index contributed by atoms with van der Waals surface area (Å²) < 4.78 is 13.3. The summed E-state index contributed by atoms with van der Waals surface area (Å²) in [7, 11) is 0. The van der Waals surface area contributed by atoms with Crippen molar-refractivity contribution in [2.24, 2.45) is 0 Å². The lowest BCUT2D eigenvalue weighted by atomic mass is 10.3. The maximum absolute atomic E-state index is 13.3. The number of rotatable bonds is 4. The zero-order valence-electron chi connectivity index (χ0n) is 14.4. The van der Waals surface area contributed by atoms with E-state index in [1.54, 1.807) is 18.5 Å². The predicted molar refractivity (Wildman–Crippen MR) is 103 cm³/mol. The fourth-order valence-electron chi connectivity index (χ4n) is 2.90. The van der Waals surface area contributed by atoms with E-state index in [0.717, 1.165) is 37.9 Å². The van der Waals surface area contributed by atoms with E-state index in [0.29, 0.717) is 11.5 Å². The Kier molecular flexibility index (Phi) is 4.97. The van der Waals surface area contributed by atoms with Crippen molar-refractivity contribution < 1.29 is 4.39 Å². The molecule has 1 N–H and O–H groups in total. The molecule has 0 aliphatic carbocycles. The van der Waals surface area contributed by atoms with Crippen LogP contribution in [0.2, 0.25) is 5.02 Å². The molecule has 0 spiro atoms. The summed E-state index contributed by atoms with van der Waals surface area (Å²) in [6, 6.07) is 8.13. The van der Waals surface area contributed by atoms with E-state index in [2.05, 4.69) is 35.1 Å². The van der Waals surface area contributed by atoms with Gasteiger partial charge in [-0.3, -0.25) is 0 Å². The van der Waals surface area contributed by atoms with E-state index < -0.39 is 5.82 Å². The Bertz CT molecular complexity index is 917. The fraction of sp³-hybridized carbons (Fsp3) is 0.222. The maximum atomic E-state index is 13.3. The van der Waals surface area contributed by atoms with Gasteiger partial charge in [-0.15, -0.1) is 0 Å². The Hall–Kier alpha value is -3.00. The first-order valence-electron chi connectivity index (χ1n) is 8.50. The van der Waals surface area contributed by atoms with Gasteiger partial charge in [-0.2, -0.15) is 0 Å². The summed E-state index contributed by atoms with van der Waals surface area (Å²) in [5.74, 6) is 1.74. The molecule has 1 fully saturated rings. The zero-order valence-corrected chi connectivity index (χ0v) is 15.1. The molecule has 7 nitrogen and oxygen atoms in total. The number of halogens is 2. The standard InChI is InChI=1S/C18H17ClFN7/c19-14-10-13(2-3-15(14)20)25-16-11-17(24-12-23-16)26-6-8-27(9-7-26)18-21-4-1-5-22-18/h1-5,10-12H,6-9H2,(H,23,24,25). The van der Waals surface area contributed by atoms with Crippen LogP contribution in [0.3, 0.4) is 0 Å². The minimum absolute atomic E-state index is 0.0635. The van der Waals surface area contributed by atoms with Crippen LogP contribution >= 0.6 is 11.6 Å². The van der Waals surface area contributed by atoms with Gasteiger partial charge in [-0.05, 0) is 24.3 Å². The average molecular weight is 386 g/mol. The molecule has 138 valence electrons. The molecule has 2 aromatic heterocycles. The Morgan fingerprint density at radius 2 is 1.67 bits per heavy atom. The van der Waals surface area contributed by atoms with Crippen molar-refractivity contribution in [2.45, 2.75) is 0 Å². The second-order valence-corrected chi connectivity index (χ2v) is 6.45. The number of hydrogen-bond donors (Lipinski definition) is 1. The van der Waals surface area contributed by atoms with E-state index in [-0.39, 0.29) is 5.02 Å². The maximum Gasteiger partial charge on any atom is 0.225 e. The van der Waals surface area contributed by atoms with Crippen molar-refractivity contribution in [1.29, 1.82) is 0 Å². The third kappa shape index (κ3) is 4.06. The number of nitrogens with zero attached hydrogens (tertiary/aromatic N) is 6. The number of anilines is 4. The molecule has 27 heavy (non-hydrogen) atoms. The lowest BCUT2D eigenvalue weighted by molar-refractivity contribution is 0.628. The van der Waals surface area contributed by atoms with Gasteiger partial charge in [0.15, 0.2) is 0 Å². The molecule has 3 heterocycles. The molecule has 0 unspecified atom stereocenters. The van der Waals surface area contributed by atoms with Crippen LogP contribution in [0.15, 0.2) is 49.1 Å². The smallest absolute Gasteiger partial charge is 0.225 e. The topological polar surface area (TPSA) is 70.1 Å². The van der Waals surface area contributed by atoms with Crippen molar-refractivity contribution in [3.05, 3.63) is 59.9 Å². The molecule has 1 saturated heterocycles.